The Balaban J connectivity index is 1.91. The van der Waals surface area contributed by atoms with Crippen molar-refractivity contribution in [1.82, 2.24) is 15.3 Å². The third-order valence-electron chi connectivity index (χ3n) is 3.58. The van der Waals surface area contributed by atoms with Crippen molar-refractivity contribution in [1.29, 1.82) is 0 Å². The molecule has 0 aliphatic heterocycles. The fourth-order valence-electron chi connectivity index (χ4n) is 2.66. The van der Waals surface area contributed by atoms with Gasteiger partial charge in [-0.1, -0.05) is 19.8 Å². The van der Waals surface area contributed by atoms with E-state index in [1.807, 2.05) is 12.4 Å². The minimum absolute atomic E-state index is 0.345. The van der Waals surface area contributed by atoms with Crippen LogP contribution in [0.2, 0.25) is 0 Å². The molecule has 15 heavy (non-hydrogen) atoms. The van der Waals surface area contributed by atoms with Crippen LogP contribution in [0.4, 0.5) is 0 Å². The summed E-state index contributed by atoms with van der Waals surface area (Å²) in [6, 6.07) is 1.03. The summed E-state index contributed by atoms with van der Waals surface area (Å²) in [4.78, 5) is 7.46. The van der Waals surface area contributed by atoms with Gasteiger partial charge in [-0.25, -0.2) is 4.98 Å². The molecule has 3 nitrogen and oxygen atoms in total. The molecule has 1 fully saturated rings. The lowest BCUT2D eigenvalue weighted by molar-refractivity contribution is 0.355. The lowest BCUT2D eigenvalue weighted by Gasteiger charge is -2.23. The fourth-order valence-corrected chi connectivity index (χ4v) is 2.66. The van der Waals surface area contributed by atoms with Gasteiger partial charge in [0.15, 0.2) is 0 Å². The van der Waals surface area contributed by atoms with Crippen LogP contribution in [0.1, 0.15) is 51.4 Å². The molecule has 2 N–H and O–H groups in total. The van der Waals surface area contributed by atoms with Crippen LogP contribution in [0, 0.1) is 5.92 Å². The number of imidazole rings is 1. The smallest absolute Gasteiger partial charge is 0.122 e. The van der Waals surface area contributed by atoms with Crippen molar-refractivity contribution >= 4 is 0 Å². The van der Waals surface area contributed by atoms with Crippen molar-refractivity contribution in [2.75, 3.05) is 0 Å². The van der Waals surface area contributed by atoms with Gasteiger partial charge < -0.3 is 10.3 Å². The number of hydrogen-bond donors (Lipinski definition) is 2. The summed E-state index contributed by atoms with van der Waals surface area (Å²) in [5, 5.41) is 3.69. The average Bonchev–Trinajstić information content (AvgIpc) is 2.87. The largest absolute Gasteiger partial charge is 0.347 e. The van der Waals surface area contributed by atoms with Crippen molar-refractivity contribution in [3.63, 3.8) is 0 Å². The summed E-state index contributed by atoms with van der Waals surface area (Å²) >= 11 is 0. The summed E-state index contributed by atoms with van der Waals surface area (Å²) in [5.41, 5.74) is 0. The zero-order valence-electron chi connectivity index (χ0n) is 9.66. The van der Waals surface area contributed by atoms with Crippen molar-refractivity contribution in [3.8, 4) is 0 Å². The van der Waals surface area contributed by atoms with Crippen LogP contribution in [0.5, 0.6) is 0 Å². The van der Waals surface area contributed by atoms with Crippen LogP contribution < -0.4 is 5.32 Å². The van der Waals surface area contributed by atoms with Gasteiger partial charge in [0, 0.05) is 18.4 Å². The molecule has 3 unspecified atom stereocenters. The van der Waals surface area contributed by atoms with Gasteiger partial charge in [-0.15, -0.1) is 0 Å². The minimum atomic E-state index is 0.345. The van der Waals surface area contributed by atoms with Gasteiger partial charge in [-0.05, 0) is 25.7 Å². The molecule has 1 heterocycles. The van der Waals surface area contributed by atoms with Gasteiger partial charge in [0.2, 0.25) is 0 Å². The van der Waals surface area contributed by atoms with E-state index in [2.05, 4.69) is 29.1 Å². The summed E-state index contributed by atoms with van der Waals surface area (Å²) in [6.45, 7) is 4.48. The number of hydrogen-bond acceptors (Lipinski definition) is 2. The van der Waals surface area contributed by atoms with E-state index in [0.29, 0.717) is 12.1 Å². The Labute approximate surface area is 91.7 Å². The van der Waals surface area contributed by atoms with E-state index in [0.717, 1.165) is 11.7 Å². The number of aromatic nitrogens is 2. The van der Waals surface area contributed by atoms with Crippen LogP contribution in [-0.2, 0) is 0 Å². The second-order valence-corrected chi connectivity index (χ2v) is 4.57. The Morgan fingerprint density at radius 3 is 3.13 bits per heavy atom. The number of rotatable bonds is 4. The summed E-state index contributed by atoms with van der Waals surface area (Å²) in [7, 11) is 0. The molecule has 0 radical (unpaired) electrons. The lowest BCUT2D eigenvalue weighted by Crippen LogP contribution is -2.34. The minimum Gasteiger partial charge on any atom is -0.347 e. The predicted molar refractivity (Wildman–Crippen MR) is 61.6 cm³/mol. The molecule has 3 heteroatoms. The highest BCUT2D eigenvalue weighted by atomic mass is 15.0. The highest BCUT2D eigenvalue weighted by Gasteiger charge is 2.27. The topological polar surface area (TPSA) is 40.7 Å². The van der Waals surface area contributed by atoms with Crippen molar-refractivity contribution in [2.45, 2.75) is 51.6 Å². The van der Waals surface area contributed by atoms with E-state index in [-0.39, 0.29) is 0 Å². The quantitative estimate of drug-likeness (QED) is 0.797. The Morgan fingerprint density at radius 1 is 1.60 bits per heavy atom. The Hall–Kier alpha value is -0.830. The van der Waals surface area contributed by atoms with Crippen molar-refractivity contribution < 1.29 is 0 Å². The Bertz CT molecular complexity index is 281. The maximum Gasteiger partial charge on any atom is 0.122 e. The highest BCUT2D eigenvalue weighted by Crippen LogP contribution is 2.29. The van der Waals surface area contributed by atoms with Gasteiger partial charge in [-0.3, -0.25) is 0 Å². The zero-order valence-corrected chi connectivity index (χ0v) is 9.66. The molecule has 0 saturated heterocycles. The zero-order chi connectivity index (χ0) is 10.7. The molecule has 0 bridgehead atoms. The first-order valence-electron chi connectivity index (χ1n) is 6.06. The molecular weight excluding hydrogens is 186 g/mol. The van der Waals surface area contributed by atoms with Crippen LogP contribution >= 0.6 is 0 Å². The van der Waals surface area contributed by atoms with Crippen LogP contribution in [0.25, 0.3) is 0 Å². The normalized spacial score (nSPS) is 28.1. The van der Waals surface area contributed by atoms with Gasteiger partial charge in [-0.2, -0.15) is 0 Å². The third kappa shape index (κ3) is 2.40. The van der Waals surface area contributed by atoms with Gasteiger partial charge in [0.05, 0.1) is 6.04 Å². The molecule has 84 valence electrons. The maximum atomic E-state index is 4.29. The lowest BCUT2D eigenvalue weighted by atomic mass is 10.00. The molecule has 1 aromatic rings. The molecule has 0 amide bonds. The Kier molecular flexibility index (Phi) is 3.41. The van der Waals surface area contributed by atoms with Gasteiger partial charge in [0.25, 0.3) is 0 Å². The monoisotopic (exact) mass is 207 g/mol. The first kappa shape index (κ1) is 10.7. The average molecular weight is 207 g/mol. The highest BCUT2D eigenvalue weighted by molar-refractivity contribution is 4.96. The van der Waals surface area contributed by atoms with E-state index in [9.17, 15) is 0 Å². The molecule has 3 atom stereocenters. The standard InChI is InChI=1S/C12H21N3/c1-3-10-5-4-6-11(10)15-9(2)12-13-7-8-14-12/h7-11,15H,3-6H2,1-2H3,(H,13,14). The molecule has 1 aliphatic carbocycles. The molecule has 1 aromatic heterocycles. The second kappa shape index (κ2) is 4.79. The number of H-pyrrole nitrogens is 1. The fraction of sp³-hybridized carbons (Fsp3) is 0.750. The maximum absolute atomic E-state index is 4.29. The number of aromatic amines is 1. The molecule has 0 spiro atoms. The second-order valence-electron chi connectivity index (χ2n) is 4.57. The van der Waals surface area contributed by atoms with E-state index in [4.69, 9.17) is 0 Å². The first-order chi connectivity index (χ1) is 7.31. The molecular formula is C12H21N3. The SMILES string of the molecule is CCC1CCCC1NC(C)c1ncc[nH]1. The van der Waals surface area contributed by atoms with Crippen molar-refractivity contribution in [3.05, 3.63) is 18.2 Å². The summed E-state index contributed by atoms with van der Waals surface area (Å²) in [5.74, 6) is 1.92. The molecule has 2 rings (SSSR count). The number of nitrogens with one attached hydrogen (secondary N) is 2. The Morgan fingerprint density at radius 2 is 2.47 bits per heavy atom. The van der Waals surface area contributed by atoms with Gasteiger partial charge >= 0.3 is 0 Å². The number of nitrogens with zero attached hydrogens (tertiary/aromatic N) is 1. The van der Waals surface area contributed by atoms with Gasteiger partial charge in [0.1, 0.15) is 5.82 Å². The first-order valence-corrected chi connectivity index (χ1v) is 6.06. The predicted octanol–water partition coefficient (Wildman–Crippen LogP) is 2.64. The summed E-state index contributed by atoms with van der Waals surface area (Å²) < 4.78 is 0. The van der Waals surface area contributed by atoms with E-state index in [1.54, 1.807) is 0 Å². The third-order valence-corrected chi connectivity index (χ3v) is 3.58. The van der Waals surface area contributed by atoms with E-state index in [1.165, 1.54) is 25.7 Å². The van der Waals surface area contributed by atoms with Crippen LogP contribution in [0.15, 0.2) is 12.4 Å². The van der Waals surface area contributed by atoms with Crippen molar-refractivity contribution in [2.24, 2.45) is 5.92 Å². The molecule has 1 aliphatic rings. The van der Waals surface area contributed by atoms with Crippen LogP contribution in [-0.4, -0.2) is 16.0 Å². The van der Waals surface area contributed by atoms with E-state index >= 15 is 0 Å². The van der Waals surface area contributed by atoms with E-state index < -0.39 is 0 Å². The summed E-state index contributed by atoms with van der Waals surface area (Å²) in [6.07, 6.45) is 9.09. The molecule has 0 aromatic carbocycles. The van der Waals surface area contributed by atoms with Crippen LogP contribution in [0.3, 0.4) is 0 Å². The molecule has 1 saturated carbocycles.